The number of rotatable bonds is 7. The molecule has 110 valence electrons. The van der Waals surface area contributed by atoms with Crippen molar-refractivity contribution in [3.63, 3.8) is 0 Å². The lowest BCUT2D eigenvalue weighted by Crippen LogP contribution is -2.24. The summed E-state index contributed by atoms with van der Waals surface area (Å²) in [6.45, 7) is 5.27. The SMILES string of the molecule is CC(C)OCCN(C)c1cc(Cl)ccc1/C=C/C(=O)O. The fourth-order valence-electron chi connectivity index (χ4n) is 1.70. The lowest BCUT2D eigenvalue weighted by Gasteiger charge is -2.22. The van der Waals surface area contributed by atoms with Crippen LogP contribution in [0.15, 0.2) is 24.3 Å². The molecule has 0 unspecified atom stereocenters. The lowest BCUT2D eigenvalue weighted by molar-refractivity contribution is -0.131. The fraction of sp³-hybridized carbons (Fsp3) is 0.400. The molecule has 0 spiro atoms. The van der Waals surface area contributed by atoms with Crippen LogP contribution in [0.2, 0.25) is 5.02 Å². The first-order chi connectivity index (χ1) is 9.40. The van der Waals surface area contributed by atoms with Crippen LogP contribution in [0.4, 0.5) is 5.69 Å². The smallest absolute Gasteiger partial charge is 0.328 e. The summed E-state index contributed by atoms with van der Waals surface area (Å²) in [7, 11) is 1.92. The van der Waals surface area contributed by atoms with Crippen LogP contribution >= 0.6 is 11.6 Å². The summed E-state index contributed by atoms with van der Waals surface area (Å²) < 4.78 is 5.52. The van der Waals surface area contributed by atoms with Crippen molar-refractivity contribution >= 4 is 29.3 Å². The molecule has 0 fully saturated rings. The van der Waals surface area contributed by atoms with E-state index in [-0.39, 0.29) is 6.10 Å². The molecule has 1 N–H and O–H groups in total. The number of likely N-dealkylation sites (N-methyl/N-ethyl adjacent to an activating group) is 1. The first-order valence-electron chi connectivity index (χ1n) is 6.43. The number of hydrogen-bond acceptors (Lipinski definition) is 3. The number of nitrogens with zero attached hydrogens (tertiary/aromatic N) is 1. The highest BCUT2D eigenvalue weighted by Crippen LogP contribution is 2.25. The van der Waals surface area contributed by atoms with Crippen LogP contribution in [0, 0.1) is 0 Å². The van der Waals surface area contributed by atoms with Gasteiger partial charge in [0.05, 0.1) is 12.7 Å². The molecule has 20 heavy (non-hydrogen) atoms. The molecule has 0 aliphatic heterocycles. The van der Waals surface area contributed by atoms with E-state index >= 15 is 0 Å². The maximum Gasteiger partial charge on any atom is 0.328 e. The van der Waals surface area contributed by atoms with Crippen LogP contribution in [0.3, 0.4) is 0 Å². The first kappa shape index (κ1) is 16.5. The average molecular weight is 298 g/mol. The van der Waals surface area contributed by atoms with Gasteiger partial charge in [0.25, 0.3) is 0 Å². The molecule has 0 radical (unpaired) electrons. The average Bonchev–Trinajstić information content (AvgIpc) is 2.36. The molecule has 0 bridgehead atoms. The quantitative estimate of drug-likeness (QED) is 0.785. The standard InChI is InChI=1S/C15H20ClNO3/c1-11(2)20-9-8-17(3)14-10-13(16)6-4-12(14)5-7-15(18)19/h4-7,10-11H,8-9H2,1-3H3,(H,18,19)/b7-5+. The largest absolute Gasteiger partial charge is 0.478 e. The number of halogens is 1. The minimum absolute atomic E-state index is 0.189. The third-order valence-electron chi connectivity index (χ3n) is 2.69. The monoisotopic (exact) mass is 297 g/mol. The van der Waals surface area contributed by atoms with Gasteiger partial charge in [-0.25, -0.2) is 4.79 Å². The van der Waals surface area contributed by atoms with Gasteiger partial charge in [-0.05, 0) is 37.6 Å². The number of hydrogen-bond donors (Lipinski definition) is 1. The maximum atomic E-state index is 10.6. The topological polar surface area (TPSA) is 49.8 Å². The van der Waals surface area contributed by atoms with Crippen LogP contribution in [-0.4, -0.2) is 37.4 Å². The zero-order valence-electron chi connectivity index (χ0n) is 12.0. The summed E-state index contributed by atoms with van der Waals surface area (Å²) in [6.07, 6.45) is 2.87. The Hall–Kier alpha value is -1.52. The van der Waals surface area contributed by atoms with Gasteiger partial charge >= 0.3 is 5.97 Å². The Bertz CT molecular complexity index is 486. The second-order valence-electron chi connectivity index (χ2n) is 4.72. The van der Waals surface area contributed by atoms with Crippen molar-refractivity contribution in [3.8, 4) is 0 Å². The van der Waals surface area contributed by atoms with Gasteiger partial charge in [0, 0.05) is 30.4 Å². The molecule has 0 heterocycles. The number of benzene rings is 1. The maximum absolute atomic E-state index is 10.6. The van der Waals surface area contributed by atoms with E-state index in [4.69, 9.17) is 21.4 Å². The molecule has 4 nitrogen and oxygen atoms in total. The Kier molecular flexibility index (Phi) is 6.55. The van der Waals surface area contributed by atoms with Gasteiger partial charge < -0.3 is 14.7 Å². The molecular weight excluding hydrogens is 278 g/mol. The summed E-state index contributed by atoms with van der Waals surface area (Å²) >= 11 is 6.01. The number of carbonyl (C=O) groups is 1. The molecule has 1 rings (SSSR count). The summed E-state index contributed by atoms with van der Waals surface area (Å²) in [5.41, 5.74) is 1.69. The third kappa shape index (κ3) is 5.63. The Balaban J connectivity index is 2.85. The van der Waals surface area contributed by atoms with Gasteiger partial charge in [-0.15, -0.1) is 0 Å². The van der Waals surface area contributed by atoms with Crippen LogP contribution < -0.4 is 4.90 Å². The van der Waals surface area contributed by atoms with Crippen LogP contribution in [0.1, 0.15) is 19.4 Å². The van der Waals surface area contributed by atoms with Crippen molar-refractivity contribution in [1.82, 2.24) is 0 Å². The molecule has 0 saturated heterocycles. The highest BCUT2D eigenvalue weighted by Gasteiger charge is 2.07. The summed E-state index contributed by atoms with van der Waals surface area (Å²) in [5, 5.41) is 9.33. The summed E-state index contributed by atoms with van der Waals surface area (Å²) in [4.78, 5) is 12.6. The van der Waals surface area contributed by atoms with Gasteiger partial charge in [0.15, 0.2) is 0 Å². The van der Waals surface area contributed by atoms with Crippen molar-refractivity contribution < 1.29 is 14.6 Å². The van der Waals surface area contributed by atoms with E-state index < -0.39 is 5.97 Å². The second-order valence-corrected chi connectivity index (χ2v) is 5.15. The number of carboxylic acid groups (broad SMARTS) is 1. The van der Waals surface area contributed by atoms with Crippen molar-refractivity contribution in [1.29, 1.82) is 0 Å². The van der Waals surface area contributed by atoms with Crippen LogP contribution in [0.25, 0.3) is 6.08 Å². The van der Waals surface area contributed by atoms with Crippen molar-refractivity contribution in [3.05, 3.63) is 34.9 Å². The summed E-state index contributed by atoms with van der Waals surface area (Å²) in [5.74, 6) is -0.975. The Morgan fingerprint density at radius 3 is 2.80 bits per heavy atom. The highest BCUT2D eigenvalue weighted by atomic mass is 35.5. The predicted octanol–water partition coefficient (Wildman–Crippen LogP) is 3.30. The Labute approximate surface area is 124 Å². The molecule has 0 amide bonds. The van der Waals surface area contributed by atoms with E-state index in [1.807, 2.05) is 31.9 Å². The van der Waals surface area contributed by atoms with E-state index in [0.717, 1.165) is 17.3 Å². The first-order valence-corrected chi connectivity index (χ1v) is 6.81. The van der Waals surface area contributed by atoms with Gasteiger partial charge in [-0.2, -0.15) is 0 Å². The van der Waals surface area contributed by atoms with E-state index in [1.165, 1.54) is 0 Å². The van der Waals surface area contributed by atoms with E-state index in [1.54, 1.807) is 18.2 Å². The third-order valence-corrected chi connectivity index (χ3v) is 2.92. The fourth-order valence-corrected chi connectivity index (χ4v) is 1.86. The molecule has 0 aromatic heterocycles. The molecule has 0 aliphatic carbocycles. The minimum atomic E-state index is -0.975. The number of ether oxygens (including phenoxy) is 1. The van der Waals surface area contributed by atoms with E-state index in [9.17, 15) is 4.79 Å². The van der Waals surface area contributed by atoms with Crippen LogP contribution in [-0.2, 0) is 9.53 Å². The number of anilines is 1. The molecule has 1 aromatic carbocycles. The van der Waals surface area contributed by atoms with Gasteiger partial charge in [0.2, 0.25) is 0 Å². The molecule has 1 aromatic rings. The molecule has 0 atom stereocenters. The van der Waals surface area contributed by atoms with Crippen molar-refractivity contribution in [2.45, 2.75) is 20.0 Å². The zero-order valence-corrected chi connectivity index (χ0v) is 12.7. The van der Waals surface area contributed by atoms with Gasteiger partial charge in [-0.1, -0.05) is 17.7 Å². The Morgan fingerprint density at radius 2 is 2.20 bits per heavy atom. The highest BCUT2D eigenvalue weighted by molar-refractivity contribution is 6.31. The van der Waals surface area contributed by atoms with Gasteiger partial charge in [0.1, 0.15) is 0 Å². The number of carboxylic acids is 1. The van der Waals surface area contributed by atoms with Crippen LogP contribution in [0.5, 0.6) is 0 Å². The number of aliphatic carboxylic acids is 1. The van der Waals surface area contributed by atoms with Crippen molar-refractivity contribution in [2.24, 2.45) is 0 Å². The van der Waals surface area contributed by atoms with E-state index in [0.29, 0.717) is 18.2 Å². The predicted molar refractivity (Wildman–Crippen MR) is 82.5 cm³/mol. The molecule has 0 aliphatic rings. The van der Waals surface area contributed by atoms with Gasteiger partial charge in [-0.3, -0.25) is 0 Å². The lowest BCUT2D eigenvalue weighted by atomic mass is 10.1. The normalized spacial score (nSPS) is 11.2. The van der Waals surface area contributed by atoms with Crippen molar-refractivity contribution in [2.75, 3.05) is 25.1 Å². The molecule has 5 heteroatoms. The minimum Gasteiger partial charge on any atom is -0.478 e. The summed E-state index contributed by atoms with van der Waals surface area (Å²) in [6, 6.07) is 5.36. The second kappa shape index (κ2) is 7.92. The molecule has 0 saturated carbocycles. The Morgan fingerprint density at radius 1 is 1.50 bits per heavy atom. The van der Waals surface area contributed by atoms with E-state index in [2.05, 4.69) is 0 Å². The molecular formula is C15H20ClNO3. The zero-order chi connectivity index (χ0) is 15.1.